The smallest absolute Gasteiger partial charge is 0.233 e. The van der Waals surface area contributed by atoms with Gasteiger partial charge in [0.25, 0.3) is 0 Å². The second kappa shape index (κ2) is 3.42. The van der Waals surface area contributed by atoms with Crippen molar-refractivity contribution < 1.29 is 10.1 Å². The Labute approximate surface area is 89.6 Å². The number of nitrogens with two attached hydrogens (primary N) is 1. The van der Waals surface area contributed by atoms with Crippen molar-refractivity contribution in [2.45, 2.75) is 31.7 Å². The highest BCUT2D eigenvalue weighted by Gasteiger charge is 2.51. The number of quaternary nitrogens is 1. The minimum absolute atomic E-state index is 0.203. The summed E-state index contributed by atoms with van der Waals surface area (Å²) in [6, 6.07) is 0. The Kier molecular flexibility index (Phi) is 2.52. The molecule has 0 spiro atoms. The molecular weight excluding hydrogens is 196 g/mol. The number of rotatable bonds is 1. The van der Waals surface area contributed by atoms with E-state index in [9.17, 15) is 4.79 Å². The number of amides is 1. The molecule has 0 bridgehead atoms. The fraction of sp³-hybridized carbons (Fsp3) is 0.900. The van der Waals surface area contributed by atoms with Gasteiger partial charge >= 0.3 is 0 Å². The number of fused-ring (bicyclic) bond motifs is 1. The molecule has 2 heterocycles. The average Bonchev–Trinajstić information content (AvgIpc) is 2.50. The van der Waals surface area contributed by atoms with Crippen molar-refractivity contribution in [1.82, 2.24) is 4.90 Å². The van der Waals surface area contributed by atoms with Gasteiger partial charge in [-0.15, -0.1) is 11.8 Å². The maximum absolute atomic E-state index is 11.6. The van der Waals surface area contributed by atoms with Gasteiger partial charge in [-0.2, -0.15) is 0 Å². The monoisotopic (exact) mass is 215 g/mol. The summed E-state index contributed by atoms with van der Waals surface area (Å²) < 4.78 is 0. The average molecular weight is 215 g/mol. The molecule has 0 unspecified atom stereocenters. The number of carbonyl (C=O) groups excluding carboxylic acids is 1. The third kappa shape index (κ3) is 1.36. The second-order valence-corrected chi connectivity index (χ2v) is 5.83. The van der Waals surface area contributed by atoms with Crippen LogP contribution in [0.25, 0.3) is 0 Å². The molecule has 0 saturated carbocycles. The Morgan fingerprint density at radius 1 is 1.64 bits per heavy atom. The van der Waals surface area contributed by atoms with Crippen LogP contribution in [0.3, 0.4) is 0 Å². The summed E-state index contributed by atoms with van der Waals surface area (Å²) >= 11 is 1.81. The summed E-state index contributed by atoms with van der Waals surface area (Å²) in [5.74, 6) is 1.62. The first-order valence-electron chi connectivity index (χ1n) is 5.31. The van der Waals surface area contributed by atoms with Gasteiger partial charge in [-0.1, -0.05) is 13.8 Å². The Bertz CT molecular complexity index is 257. The molecule has 14 heavy (non-hydrogen) atoms. The topological polar surface area (TPSA) is 36.9 Å². The van der Waals surface area contributed by atoms with E-state index in [1.807, 2.05) is 11.8 Å². The van der Waals surface area contributed by atoms with Gasteiger partial charge in [0.15, 0.2) is 0 Å². The molecule has 1 amide bonds. The lowest BCUT2D eigenvalue weighted by Crippen LogP contribution is -3.03. The minimum Gasteiger partial charge on any atom is -0.338 e. The Balaban J connectivity index is 2.24. The highest BCUT2D eigenvalue weighted by molar-refractivity contribution is 8.01. The van der Waals surface area contributed by atoms with Crippen LogP contribution in [0.1, 0.15) is 20.8 Å². The summed E-state index contributed by atoms with van der Waals surface area (Å²) in [5, 5.41) is 2.81. The molecule has 3 nitrogen and oxygen atoms in total. The molecule has 0 aliphatic carbocycles. The fourth-order valence-corrected chi connectivity index (χ4v) is 3.94. The number of nitrogens with zero attached hydrogens (tertiary/aromatic N) is 1. The maximum atomic E-state index is 11.6. The zero-order valence-corrected chi connectivity index (χ0v) is 9.93. The van der Waals surface area contributed by atoms with Crippen molar-refractivity contribution >= 4 is 17.7 Å². The summed E-state index contributed by atoms with van der Waals surface area (Å²) in [4.78, 5) is 13.7. The molecule has 2 atom stereocenters. The molecular formula is C10H19N2OS+. The van der Waals surface area contributed by atoms with E-state index in [1.165, 1.54) is 0 Å². The van der Waals surface area contributed by atoms with Crippen LogP contribution in [-0.4, -0.2) is 40.6 Å². The van der Waals surface area contributed by atoms with Gasteiger partial charge in [0.1, 0.15) is 10.9 Å². The molecule has 80 valence electrons. The third-order valence-electron chi connectivity index (χ3n) is 3.70. The first-order valence-corrected chi connectivity index (χ1v) is 6.36. The number of carbonyl (C=O) groups is 1. The zero-order chi connectivity index (χ0) is 10.3. The van der Waals surface area contributed by atoms with Crippen LogP contribution in [0.15, 0.2) is 0 Å². The second-order valence-electron chi connectivity index (χ2n) is 4.76. The molecule has 0 aromatic heterocycles. The zero-order valence-electron chi connectivity index (χ0n) is 9.12. The largest absolute Gasteiger partial charge is 0.338 e. The van der Waals surface area contributed by atoms with Gasteiger partial charge in [-0.05, 0) is 6.92 Å². The molecule has 2 aliphatic rings. The van der Waals surface area contributed by atoms with Crippen molar-refractivity contribution in [3.63, 3.8) is 0 Å². The van der Waals surface area contributed by atoms with Crippen LogP contribution in [-0.2, 0) is 4.79 Å². The molecule has 2 saturated heterocycles. The van der Waals surface area contributed by atoms with E-state index in [-0.39, 0.29) is 5.54 Å². The van der Waals surface area contributed by atoms with Gasteiger partial charge in [0, 0.05) is 5.92 Å². The van der Waals surface area contributed by atoms with Crippen LogP contribution < -0.4 is 5.32 Å². The van der Waals surface area contributed by atoms with Crippen LogP contribution in [0.4, 0.5) is 0 Å². The summed E-state index contributed by atoms with van der Waals surface area (Å²) in [6.07, 6.45) is 0. The van der Waals surface area contributed by atoms with Crippen molar-refractivity contribution in [3.8, 4) is 0 Å². The van der Waals surface area contributed by atoms with E-state index in [0.29, 0.717) is 23.0 Å². The highest BCUT2D eigenvalue weighted by Crippen LogP contribution is 2.35. The van der Waals surface area contributed by atoms with E-state index < -0.39 is 0 Å². The van der Waals surface area contributed by atoms with Gasteiger partial charge in [-0.3, -0.25) is 4.79 Å². The Hall–Kier alpha value is -0.220. The van der Waals surface area contributed by atoms with E-state index >= 15 is 0 Å². The number of piperazine rings is 1. The molecule has 2 N–H and O–H groups in total. The predicted molar refractivity (Wildman–Crippen MR) is 58.0 cm³/mol. The van der Waals surface area contributed by atoms with E-state index in [1.54, 1.807) is 0 Å². The molecule has 2 fully saturated rings. The van der Waals surface area contributed by atoms with Crippen LogP contribution >= 0.6 is 11.8 Å². The molecule has 0 aromatic carbocycles. The Morgan fingerprint density at radius 2 is 2.36 bits per heavy atom. The van der Waals surface area contributed by atoms with E-state index in [2.05, 4.69) is 31.0 Å². The van der Waals surface area contributed by atoms with Crippen molar-refractivity contribution in [2.24, 2.45) is 5.92 Å². The Morgan fingerprint density at radius 3 is 3.00 bits per heavy atom. The van der Waals surface area contributed by atoms with Gasteiger partial charge in [0.2, 0.25) is 5.91 Å². The summed E-state index contributed by atoms with van der Waals surface area (Å²) in [5.41, 5.74) is 0.203. The van der Waals surface area contributed by atoms with Gasteiger partial charge in [-0.25, -0.2) is 0 Å². The van der Waals surface area contributed by atoms with E-state index in [0.717, 1.165) is 13.1 Å². The number of thioether (sulfide) groups is 1. The SMILES string of the molecule is CC(C)[C@]1(C)[NH2+]CCN2C(=O)CS[C@@H]21. The fourth-order valence-electron chi connectivity index (χ4n) is 2.35. The molecule has 0 aromatic rings. The number of hydrogen-bond donors (Lipinski definition) is 1. The summed E-state index contributed by atoms with van der Waals surface area (Å²) in [6.45, 7) is 8.78. The summed E-state index contributed by atoms with van der Waals surface area (Å²) in [7, 11) is 0. The normalized spacial score (nSPS) is 37.9. The van der Waals surface area contributed by atoms with Crippen molar-refractivity contribution in [2.75, 3.05) is 18.8 Å². The molecule has 0 radical (unpaired) electrons. The lowest BCUT2D eigenvalue weighted by atomic mass is 9.86. The van der Waals surface area contributed by atoms with E-state index in [4.69, 9.17) is 0 Å². The molecule has 2 aliphatic heterocycles. The quantitative estimate of drug-likeness (QED) is 0.662. The lowest BCUT2D eigenvalue weighted by Gasteiger charge is -2.44. The number of hydrogen-bond acceptors (Lipinski definition) is 2. The first-order chi connectivity index (χ1) is 6.55. The minimum atomic E-state index is 0.203. The van der Waals surface area contributed by atoms with Crippen LogP contribution in [0, 0.1) is 5.92 Å². The van der Waals surface area contributed by atoms with Crippen molar-refractivity contribution in [1.29, 1.82) is 0 Å². The standard InChI is InChI=1S/C10H18N2OS/c1-7(2)10(3)9-12(5-4-11-10)8(13)6-14-9/h7,9,11H,4-6H2,1-3H3/p+1/t9-,10+/m1/s1. The third-order valence-corrected chi connectivity index (χ3v) is 5.19. The molecule has 2 rings (SSSR count). The first kappa shape index (κ1) is 10.3. The highest BCUT2D eigenvalue weighted by atomic mass is 32.2. The van der Waals surface area contributed by atoms with Crippen molar-refractivity contribution in [3.05, 3.63) is 0 Å². The molecule has 4 heteroatoms. The van der Waals surface area contributed by atoms with Crippen LogP contribution in [0.2, 0.25) is 0 Å². The van der Waals surface area contributed by atoms with Crippen LogP contribution in [0.5, 0.6) is 0 Å². The lowest BCUT2D eigenvalue weighted by molar-refractivity contribution is -0.740. The maximum Gasteiger partial charge on any atom is 0.233 e. The van der Waals surface area contributed by atoms with Gasteiger partial charge in [0.05, 0.1) is 18.8 Å². The predicted octanol–water partition coefficient (Wildman–Crippen LogP) is -0.120. The van der Waals surface area contributed by atoms with Gasteiger partial charge < -0.3 is 10.2 Å².